The predicted octanol–water partition coefficient (Wildman–Crippen LogP) is 2.75. The Hall–Kier alpha value is -2.74. The normalized spacial score (nSPS) is 19.7. The number of amides is 3. The molecule has 1 unspecified atom stereocenters. The zero-order chi connectivity index (χ0) is 19.7. The van der Waals surface area contributed by atoms with Crippen molar-refractivity contribution >= 4 is 35.2 Å². The average molecular weight is 399 g/mol. The van der Waals surface area contributed by atoms with Gasteiger partial charge in [-0.1, -0.05) is 0 Å². The summed E-state index contributed by atoms with van der Waals surface area (Å²) in [5, 5.41) is 5.75. The Kier molecular flexibility index (Phi) is 5.13. The van der Waals surface area contributed by atoms with Gasteiger partial charge in [0.1, 0.15) is 0 Å². The SMILES string of the molecule is CC1Sc2ccc(C(=O)NC3CCN(C(=O)c4ccco4)CC3)cc2NC1=O. The number of anilines is 1. The summed E-state index contributed by atoms with van der Waals surface area (Å²) in [6.45, 7) is 2.99. The standard InChI is InChI=1S/C20H21N3O4S/c1-12-18(24)22-15-11-13(4-5-17(15)28-12)19(25)21-14-6-8-23(9-7-14)20(26)16-3-2-10-27-16/h2-5,10-12,14H,6-9H2,1H3,(H,21,25)(H,22,24). The summed E-state index contributed by atoms with van der Waals surface area (Å²) in [5.74, 6) is -0.00199. The third-order valence-electron chi connectivity index (χ3n) is 5.02. The van der Waals surface area contributed by atoms with E-state index in [4.69, 9.17) is 4.42 Å². The highest BCUT2D eigenvalue weighted by atomic mass is 32.2. The van der Waals surface area contributed by atoms with Crippen LogP contribution in [0.25, 0.3) is 0 Å². The Morgan fingerprint density at radius 1 is 1.25 bits per heavy atom. The summed E-state index contributed by atoms with van der Waals surface area (Å²) in [6.07, 6.45) is 2.86. The van der Waals surface area contributed by atoms with Gasteiger partial charge in [-0.05, 0) is 50.1 Å². The molecule has 0 spiro atoms. The van der Waals surface area contributed by atoms with E-state index in [2.05, 4.69) is 10.6 Å². The first-order valence-corrected chi connectivity index (χ1v) is 10.1. The second-order valence-electron chi connectivity index (χ2n) is 6.98. The molecule has 2 aromatic rings. The molecule has 3 heterocycles. The molecule has 28 heavy (non-hydrogen) atoms. The van der Waals surface area contributed by atoms with Gasteiger partial charge in [0.15, 0.2) is 5.76 Å². The van der Waals surface area contributed by atoms with Gasteiger partial charge in [-0.15, -0.1) is 11.8 Å². The molecule has 1 fully saturated rings. The van der Waals surface area contributed by atoms with Crippen LogP contribution in [-0.2, 0) is 4.79 Å². The molecule has 1 aromatic heterocycles. The lowest BCUT2D eigenvalue weighted by Crippen LogP contribution is -2.46. The first-order valence-electron chi connectivity index (χ1n) is 9.26. The summed E-state index contributed by atoms with van der Waals surface area (Å²) >= 11 is 1.49. The highest BCUT2D eigenvalue weighted by molar-refractivity contribution is 8.00. The maximum atomic E-state index is 12.6. The molecule has 7 nitrogen and oxygen atoms in total. The van der Waals surface area contributed by atoms with Crippen molar-refractivity contribution in [3.05, 3.63) is 47.9 Å². The molecule has 2 N–H and O–H groups in total. The summed E-state index contributed by atoms with van der Waals surface area (Å²) in [6, 6.07) is 8.73. The van der Waals surface area contributed by atoms with E-state index in [1.54, 1.807) is 29.2 Å². The predicted molar refractivity (Wildman–Crippen MR) is 105 cm³/mol. The molecule has 3 amide bonds. The lowest BCUT2D eigenvalue weighted by molar-refractivity contribution is -0.115. The third kappa shape index (κ3) is 3.77. The van der Waals surface area contributed by atoms with Crippen LogP contribution in [0.3, 0.4) is 0 Å². The lowest BCUT2D eigenvalue weighted by atomic mass is 10.0. The van der Waals surface area contributed by atoms with Gasteiger partial charge in [-0.25, -0.2) is 0 Å². The lowest BCUT2D eigenvalue weighted by Gasteiger charge is -2.32. The van der Waals surface area contributed by atoms with Crippen LogP contribution < -0.4 is 10.6 Å². The molecule has 0 radical (unpaired) electrons. The molecule has 146 valence electrons. The molecule has 4 rings (SSSR count). The number of hydrogen-bond donors (Lipinski definition) is 2. The fourth-order valence-corrected chi connectivity index (χ4v) is 4.33. The number of carbonyl (C=O) groups is 3. The molecule has 0 aliphatic carbocycles. The quantitative estimate of drug-likeness (QED) is 0.828. The van der Waals surface area contributed by atoms with Crippen LogP contribution in [0, 0.1) is 0 Å². The van der Waals surface area contributed by atoms with Crippen molar-refractivity contribution in [3.63, 3.8) is 0 Å². The molecule has 0 saturated carbocycles. The highest BCUT2D eigenvalue weighted by Gasteiger charge is 2.27. The number of hydrogen-bond acceptors (Lipinski definition) is 5. The van der Waals surface area contributed by atoms with Crippen LogP contribution in [-0.4, -0.2) is 47.0 Å². The molecule has 1 atom stereocenters. The average Bonchev–Trinajstić information content (AvgIpc) is 3.23. The van der Waals surface area contributed by atoms with E-state index in [1.807, 2.05) is 13.0 Å². The fraction of sp³-hybridized carbons (Fsp3) is 0.350. The van der Waals surface area contributed by atoms with E-state index >= 15 is 0 Å². The number of benzene rings is 1. The van der Waals surface area contributed by atoms with E-state index in [0.29, 0.717) is 42.9 Å². The second kappa shape index (κ2) is 7.71. The van der Waals surface area contributed by atoms with Crippen molar-refractivity contribution in [1.82, 2.24) is 10.2 Å². The summed E-state index contributed by atoms with van der Waals surface area (Å²) in [5.41, 5.74) is 1.20. The number of furan rings is 1. The fourth-order valence-electron chi connectivity index (χ4n) is 3.40. The van der Waals surface area contributed by atoms with E-state index in [9.17, 15) is 14.4 Å². The van der Waals surface area contributed by atoms with Crippen LogP contribution in [0.4, 0.5) is 5.69 Å². The molecule has 8 heteroatoms. The summed E-state index contributed by atoms with van der Waals surface area (Å²) < 4.78 is 5.16. The number of nitrogens with zero attached hydrogens (tertiary/aromatic N) is 1. The first-order chi connectivity index (χ1) is 13.5. The minimum atomic E-state index is -0.170. The van der Waals surface area contributed by atoms with Crippen LogP contribution in [0.5, 0.6) is 0 Å². The van der Waals surface area contributed by atoms with Crippen molar-refractivity contribution in [3.8, 4) is 0 Å². The van der Waals surface area contributed by atoms with Crippen LogP contribution in [0.2, 0.25) is 0 Å². The van der Waals surface area contributed by atoms with Gasteiger partial charge < -0.3 is 20.0 Å². The van der Waals surface area contributed by atoms with Crippen molar-refractivity contribution < 1.29 is 18.8 Å². The maximum absolute atomic E-state index is 12.6. The van der Waals surface area contributed by atoms with Gasteiger partial charge >= 0.3 is 0 Å². The number of carbonyl (C=O) groups excluding carboxylic acids is 3. The van der Waals surface area contributed by atoms with Crippen LogP contribution in [0.15, 0.2) is 45.9 Å². The number of likely N-dealkylation sites (tertiary alicyclic amines) is 1. The Bertz CT molecular complexity index is 904. The van der Waals surface area contributed by atoms with Gasteiger partial charge in [-0.2, -0.15) is 0 Å². The van der Waals surface area contributed by atoms with Gasteiger partial charge in [0.25, 0.3) is 11.8 Å². The molecule has 0 bridgehead atoms. The maximum Gasteiger partial charge on any atom is 0.289 e. The topological polar surface area (TPSA) is 91.7 Å². The monoisotopic (exact) mass is 399 g/mol. The smallest absolute Gasteiger partial charge is 0.289 e. The number of thioether (sulfide) groups is 1. The minimum Gasteiger partial charge on any atom is -0.459 e. The number of fused-ring (bicyclic) bond motifs is 1. The van der Waals surface area contributed by atoms with Gasteiger partial charge in [0.05, 0.1) is 17.2 Å². The Morgan fingerprint density at radius 2 is 2.04 bits per heavy atom. The van der Waals surface area contributed by atoms with E-state index in [1.165, 1.54) is 18.0 Å². The van der Waals surface area contributed by atoms with Gasteiger partial charge in [0, 0.05) is 29.6 Å². The minimum absolute atomic E-state index is 0.00757. The Morgan fingerprint density at radius 3 is 2.75 bits per heavy atom. The van der Waals surface area contributed by atoms with Crippen LogP contribution >= 0.6 is 11.8 Å². The number of nitrogens with one attached hydrogen (secondary N) is 2. The summed E-state index contributed by atoms with van der Waals surface area (Å²) in [7, 11) is 0. The van der Waals surface area contributed by atoms with E-state index in [0.717, 1.165) is 4.90 Å². The van der Waals surface area contributed by atoms with Crippen molar-refractivity contribution in [2.45, 2.75) is 36.0 Å². The van der Waals surface area contributed by atoms with Gasteiger partial charge in [0.2, 0.25) is 5.91 Å². The Balaban J connectivity index is 1.34. The largest absolute Gasteiger partial charge is 0.459 e. The number of piperidine rings is 1. The summed E-state index contributed by atoms with van der Waals surface area (Å²) in [4.78, 5) is 39.5. The zero-order valence-electron chi connectivity index (χ0n) is 15.4. The molecule has 2 aliphatic rings. The van der Waals surface area contributed by atoms with Crippen molar-refractivity contribution in [2.24, 2.45) is 0 Å². The van der Waals surface area contributed by atoms with Crippen LogP contribution in [0.1, 0.15) is 40.7 Å². The van der Waals surface area contributed by atoms with E-state index < -0.39 is 0 Å². The third-order valence-corrected chi connectivity index (χ3v) is 6.20. The second-order valence-corrected chi connectivity index (χ2v) is 8.36. The van der Waals surface area contributed by atoms with Crippen molar-refractivity contribution in [2.75, 3.05) is 18.4 Å². The highest BCUT2D eigenvalue weighted by Crippen LogP contribution is 2.35. The first kappa shape index (κ1) is 18.6. The molecular formula is C20H21N3O4S. The Labute approximate surface area is 166 Å². The molecular weight excluding hydrogens is 378 g/mol. The zero-order valence-corrected chi connectivity index (χ0v) is 16.3. The van der Waals surface area contributed by atoms with E-state index in [-0.39, 0.29) is 29.0 Å². The molecule has 2 aliphatic heterocycles. The van der Waals surface area contributed by atoms with Crippen molar-refractivity contribution in [1.29, 1.82) is 0 Å². The molecule has 1 saturated heterocycles. The number of rotatable bonds is 3. The van der Waals surface area contributed by atoms with Gasteiger partial charge in [-0.3, -0.25) is 14.4 Å². The molecule has 1 aromatic carbocycles.